The largest absolute Gasteiger partial charge is 0.480 e. The number of alkyl halides is 2. The molecule has 0 fully saturated rings. The molecule has 1 aromatic rings. The smallest absolute Gasteiger partial charge is 0.326 e. The van der Waals surface area contributed by atoms with Crippen molar-refractivity contribution in [1.82, 2.24) is 5.32 Å². The summed E-state index contributed by atoms with van der Waals surface area (Å²) in [5, 5.41) is 13.3. The second-order valence-electron chi connectivity index (χ2n) is 4.83. The molecule has 0 aliphatic heterocycles. The average molecular weight is 436 g/mol. The van der Waals surface area contributed by atoms with E-state index in [1.54, 1.807) is 0 Å². The number of carboxylic acids is 1. The van der Waals surface area contributed by atoms with Crippen LogP contribution >= 0.6 is 31.9 Å². The number of anilines is 1. The van der Waals surface area contributed by atoms with Gasteiger partial charge in [-0.1, -0.05) is 44.0 Å². The van der Waals surface area contributed by atoms with E-state index in [9.17, 15) is 9.59 Å². The summed E-state index contributed by atoms with van der Waals surface area (Å²) in [7, 11) is 0. The van der Waals surface area contributed by atoms with Crippen LogP contribution < -0.4 is 10.2 Å². The molecule has 0 unspecified atom stereocenters. The number of carbonyl (C=O) groups is 2. The lowest BCUT2D eigenvalue weighted by atomic mass is 10.1. The maximum absolute atomic E-state index is 11.2. The molecule has 2 N–H and O–H groups in total. The van der Waals surface area contributed by atoms with Gasteiger partial charge in [-0.05, 0) is 17.7 Å². The molecule has 0 saturated heterocycles. The molecule has 1 atom stereocenters. The first kappa shape index (κ1) is 19.0. The van der Waals surface area contributed by atoms with E-state index >= 15 is 0 Å². The van der Waals surface area contributed by atoms with Gasteiger partial charge in [0.1, 0.15) is 6.04 Å². The fraction of sp³-hybridized carbons (Fsp3) is 0.467. The van der Waals surface area contributed by atoms with Gasteiger partial charge in [-0.2, -0.15) is 0 Å². The third-order valence-electron chi connectivity index (χ3n) is 3.13. The zero-order valence-electron chi connectivity index (χ0n) is 12.4. The van der Waals surface area contributed by atoms with Crippen LogP contribution in [0.15, 0.2) is 24.3 Å². The summed E-state index contributed by atoms with van der Waals surface area (Å²) >= 11 is 6.88. The summed E-state index contributed by atoms with van der Waals surface area (Å²) in [5.41, 5.74) is 1.97. The Balaban J connectivity index is 2.78. The van der Waals surface area contributed by atoms with Gasteiger partial charge in [0.25, 0.3) is 0 Å². The topological polar surface area (TPSA) is 69.6 Å². The van der Waals surface area contributed by atoms with Gasteiger partial charge in [0.2, 0.25) is 5.91 Å². The quantitative estimate of drug-likeness (QED) is 0.584. The Morgan fingerprint density at radius 2 is 1.73 bits per heavy atom. The van der Waals surface area contributed by atoms with E-state index in [-0.39, 0.29) is 12.3 Å². The van der Waals surface area contributed by atoms with Gasteiger partial charge in [0, 0.05) is 42.8 Å². The molecular weight excluding hydrogens is 416 g/mol. The van der Waals surface area contributed by atoms with Gasteiger partial charge in [-0.25, -0.2) is 4.79 Å². The molecule has 0 bridgehead atoms. The minimum absolute atomic E-state index is 0.270. The summed E-state index contributed by atoms with van der Waals surface area (Å²) < 4.78 is 0. The zero-order valence-corrected chi connectivity index (χ0v) is 15.6. The number of benzene rings is 1. The van der Waals surface area contributed by atoms with Gasteiger partial charge in [-0.15, -0.1) is 0 Å². The molecule has 0 aliphatic carbocycles. The third kappa shape index (κ3) is 6.36. The van der Waals surface area contributed by atoms with Crippen molar-refractivity contribution in [2.24, 2.45) is 0 Å². The number of carboxylic acid groups (broad SMARTS) is 1. The number of nitrogens with zero attached hydrogens (tertiary/aromatic N) is 1. The molecule has 5 nitrogen and oxygen atoms in total. The minimum atomic E-state index is -1.03. The van der Waals surface area contributed by atoms with Crippen LogP contribution in [0.1, 0.15) is 12.5 Å². The molecule has 1 rings (SSSR count). The number of nitrogens with one attached hydrogen (secondary N) is 1. The second kappa shape index (κ2) is 9.84. The molecule has 0 aromatic heterocycles. The number of hydrogen-bond acceptors (Lipinski definition) is 3. The summed E-state index contributed by atoms with van der Waals surface area (Å²) in [5.74, 6) is -1.37. The summed E-state index contributed by atoms with van der Waals surface area (Å²) in [4.78, 5) is 24.4. The van der Waals surface area contributed by atoms with Crippen molar-refractivity contribution in [3.05, 3.63) is 29.8 Å². The maximum atomic E-state index is 11.2. The predicted molar refractivity (Wildman–Crippen MR) is 95.2 cm³/mol. The van der Waals surface area contributed by atoms with Crippen molar-refractivity contribution >= 4 is 49.4 Å². The Kier molecular flexibility index (Phi) is 8.48. The minimum Gasteiger partial charge on any atom is -0.480 e. The highest BCUT2D eigenvalue weighted by Gasteiger charge is 2.18. The van der Waals surface area contributed by atoms with Crippen molar-refractivity contribution in [1.29, 1.82) is 0 Å². The standard InChI is InChI=1S/C15H20Br2N2O3/c1-11(20)18-14(15(21)22)10-12-2-4-13(5-3-12)19(8-6-16)9-7-17/h2-5,14H,6-10H2,1H3,(H,18,20)(H,21,22)/t14-/m1/s1. The molecule has 0 aliphatic rings. The molecule has 1 aromatic carbocycles. The summed E-state index contributed by atoms with van der Waals surface area (Å²) in [6, 6.07) is 6.87. The Hall–Kier alpha value is -1.08. The first-order valence-electron chi connectivity index (χ1n) is 6.93. The van der Waals surface area contributed by atoms with Crippen LogP contribution in [0.25, 0.3) is 0 Å². The zero-order chi connectivity index (χ0) is 16.5. The van der Waals surface area contributed by atoms with Crippen molar-refractivity contribution in [2.75, 3.05) is 28.6 Å². The number of aliphatic carboxylic acids is 1. The number of hydrogen-bond donors (Lipinski definition) is 2. The van der Waals surface area contributed by atoms with E-state index in [4.69, 9.17) is 5.11 Å². The lowest BCUT2D eigenvalue weighted by molar-refractivity contribution is -0.141. The van der Waals surface area contributed by atoms with Crippen LogP contribution in [0, 0.1) is 0 Å². The number of rotatable bonds is 9. The molecule has 22 heavy (non-hydrogen) atoms. The van der Waals surface area contributed by atoms with E-state index in [0.717, 1.165) is 35.0 Å². The van der Waals surface area contributed by atoms with Gasteiger partial charge in [0.15, 0.2) is 0 Å². The van der Waals surface area contributed by atoms with Crippen LogP contribution in [0.2, 0.25) is 0 Å². The molecule has 0 radical (unpaired) electrons. The monoisotopic (exact) mass is 434 g/mol. The van der Waals surface area contributed by atoms with Crippen molar-refractivity contribution in [2.45, 2.75) is 19.4 Å². The lowest BCUT2D eigenvalue weighted by Crippen LogP contribution is -2.41. The summed E-state index contributed by atoms with van der Waals surface area (Å²) in [6.45, 7) is 3.11. The molecular formula is C15H20Br2N2O3. The van der Waals surface area contributed by atoms with E-state index < -0.39 is 12.0 Å². The van der Waals surface area contributed by atoms with Gasteiger partial charge in [0.05, 0.1) is 0 Å². The van der Waals surface area contributed by atoms with Crippen LogP contribution in [0.5, 0.6) is 0 Å². The van der Waals surface area contributed by atoms with Gasteiger partial charge in [-0.3, -0.25) is 4.79 Å². The molecule has 0 heterocycles. The second-order valence-corrected chi connectivity index (χ2v) is 6.41. The first-order chi connectivity index (χ1) is 10.5. The highest BCUT2D eigenvalue weighted by molar-refractivity contribution is 9.09. The molecule has 1 amide bonds. The normalized spacial score (nSPS) is 11.8. The maximum Gasteiger partial charge on any atom is 0.326 e. The molecule has 7 heteroatoms. The lowest BCUT2D eigenvalue weighted by Gasteiger charge is -2.23. The van der Waals surface area contributed by atoms with Crippen molar-refractivity contribution < 1.29 is 14.7 Å². The molecule has 0 spiro atoms. The SMILES string of the molecule is CC(=O)N[C@H](Cc1ccc(N(CCBr)CCBr)cc1)C(=O)O. The Morgan fingerprint density at radius 3 is 2.14 bits per heavy atom. The highest BCUT2D eigenvalue weighted by Crippen LogP contribution is 2.17. The summed E-state index contributed by atoms with van der Waals surface area (Å²) in [6.07, 6.45) is 0.270. The van der Waals surface area contributed by atoms with E-state index in [2.05, 4.69) is 42.1 Å². The highest BCUT2D eigenvalue weighted by atomic mass is 79.9. The fourth-order valence-corrected chi connectivity index (χ4v) is 2.95. The van der Waals surface area contributed by atoms with Crippen molar-refractivity contribution in [3.63, 3.8) is 0 Å². The fourth-order valence-electron chi connectivity index (χ4n) is 2.10. The Labute approximate surface area is 147 Å². The van der Waals surface area contributed by atoms with E-state index in [1.807, 2.05) is 24.3 Å². The third-order valence-corrected chi connectivity index (χ3v) is 3.84. The average Bonchev–Trinajstić information content (AvgIpc) is 2.46. The van der Waals surface area contributed by atoms with Crippen LogP contribution in [-0.2, 0) is 16.0 Å². The molecule has 122 valence electrons. The van der Waals surface area contributed by atoms with Gasteiger partial charge >= 0.3 is 5.97 Å². The number of carbonyl (C=O) groups excluding carboxylic acids is 1. The Morgan fingerprint density at radius 1 is 1.18 bits per heavy atom. The first-order valence-corrected chi connectivity index (χ1v) is 9.18. The van der Waals surface area contributed by atoms with Crippen molar-refractivity contribution in [3.8, 4) is 0 Å². The predicted octanol–water partition coefficient (Wildman–Crippen LogP) is 2.41. The molecule has 0 saturated carbocycles. The van der Waals surface area contributed by atoms with Gasteiger partial charge < -0.3 is 15.3 Å². The van der Waals surface area contributed by atoms with Crippen LogP contribution in [-0.4, -0.2) is 46.8 Å². The number of halogens is 2. The van der Waals surface area contributed by atoms with E-state index in [0.29, 0.717) is 0 Å². The van der Waals surface area contributed by atoms with Crippen LogP contribution in [0.4, 0.5) is 5.69 Å². The Bertz CT molecular complexity index is 488. The number of amides is 1. The van der Waals surface area contributed by atoms with E-state index in [1.165, 1.54) is 6.92 Å². The van der Waals surface area contributed by atoms with Crippen LogP contribution in [0.3, 0.4) is 0 Å².